The average Bonchev–Trinajstić information content (AvgIpc) is 3.37. The molecule has 0 saturated heterocycles. The lowest BCUT2D eigenvalue weighted by Crippen LogP contribution is -2.30. The van der Waals surface area contributed by atoms with E-state index in [1.54, 1.807) is 0 Å². The van der Waals surface area contributed by atoms with Crippen molar-refractivity contribution in [2.75, 3.05) is 13.2 Å². The van der Waals surface area contributed by atoms with Crippen molar-refractivity contribution in [1.29, 1.82) is 0 Å². The molecule has 6 heteroatoms. The minimum absolute atomic E-state index is 0.0957. The van der Waals surface area contributed by atoms with Crippen LogP contribution in [0.4, 0.5) is 0 Å². The first-order chi connectivity index (χ1) is 35.0. The Bertz CT molecular complexity index is 1320. The van der Waals surface area contributed by atoms with E-state index in [4.69, 9.17) is 14.2 Å². The summed E-state index contributed by atoms with van der Waals surface area (Å²) < 4.78 is 16.8. The molecule has 0 radical (unpaired) electrons. The van der Waals surface area contributed by atoms with Gasteiger partial charge in [0, 0.05) is 19.3 Å². The van der Waals surface area contributed by atoms with Crippen LogP contribution in [0.2, 0.25) is 0 Å². The Morgan fingerprint density at radius 2 is 0.507 bits per heavy atom. The molecule has 0 fully saturated rings. The predicted octanol–water partition coefficient (Wildman–Crippen LogP) is 20.5. The molecule has 0 aromatic rings. The van der Waals surface area contributed by atoms with Crippen LogP contribution in [0, 0.1) is 0 Å². The fourth-order valence-electron chi connectivity index (χ4n) is 8.57. The van der Waals surface area contributed by atoms with E-state index in [-0.39, 0.29) is 37.5 Å². The summed E-state index contributed by atoms with van der Waals surface area (Å²) >= 11 is 0. The number of esters is 3. The largest absolute Gasteiger partial charge is 0.462 e. The van der Waals surface area contributed by atoms with Crippen LogP contribution in [0.3, 0.4) is 0 Å². The lowest BCUT2D eigenvalue weighted by atomic mass is 10.0. The smallest absolute Gasteiger partial charge is 0.306 e. The van der Waals surface area contributed by atoms with Crippen molar-refractivity contribution in [3.8, 4) is 0 Å². The summed E-state index contributed by atoms with van der Waals surface area (Å²) in [4.78, 5) is 38.2. The second-order valence-electron chi connectivity index (χ2n) is 20.3. The van der Waals surface area contributed by atoms with Crippen LogP contribution in [0.15, 0.2) is 72.9 Å². The third kappa shape index (κ3) is 57.6. The molecule has 1 atom stereocenters. The second-order valence-corrected chi connectivity index (χ2v) is 20.3. The molecular weight excluding hydrogens is 877 g/mol. The fraction of sp³-hybridized carbons (Fsp3) is 0.769. The van der Waals surface area contributed by atoms with E-state index in [2.05, 4.69) is 93.7 Å². The zero-order chi connectivity index (χ0) is 51.4. The van der Waals surface area contributed by atoms with Crippen molar-refractivity contribution in [3.63, 3.8) is 0 Å². The standard InChI is InChI=1S/C65H114O6/c1-4-7-10-13-16-19-22-25-28-30-31-32-33-35-38-40-43-46-49-52-55-58-64(67)70-61-62(71-65(68)59-56-53-50-47-44-41-36-27-24-21-18-15-12-9-6-3)60-69-63(66)57-54-51-48-45-42-39-37-34-29-26-23-20-17-14-11-8-5-2/h17-18,20-21,26-27,29,36-37,39,44,47,62H,4-16,19,22-25,28,30-35,38,40-43,45-46,48-61H2,1-3H3/b20-17-,21-18-,29-26-,36-27-,39-37-,47-44-/t62-/m1/s1. The molecule has 0 aromatic heterocycles. The Labute approximate surface area is 440 Å². The third-order valence-corrected chi connectivity index (χ3v) is 13.2. The summed E-state index contributed by atoms with van der Waals surface area (Å²) in [6, 6.07) is 0. The predicted molar refractivity (Wildman–Crippen MR) is 307 cm³/mol. The number of rotatable bonds is 55. The number of unbranched alkanes of at least 4 members (excludes halogenated alkanes) is 32. The molecule has 6 nitrogen and oxygen atoms in total. The van der Waals surface area contributed by atoms with Gasteiger partial charge in [0.2, 0.25) is 0 Å². The molecule has 71 heavy (non-hydrogen) atoms. The van der Waals surface area contributed by atoms with E-state index in [0.29, 0.717) is 19.3 Å². The highest BCUT2D eigenvalue weighted by Crippen LogP contribution is 2.16. The highest BCUT2D eigenvalue weighted by atomic mass is 16.6. The maximum absolute atomic E-state index is 12.8. The van der Waals surface area contributed by atoms with E-state index in [1.807, 2.05) is 0 Å². The van der Waals surface area contributed by atoms with Crippen LogP contribution in [0.5, 0.6) is 0 Å². The summed E-state index contributed by atoms with van der Waals surface area (Å²) in [6.45, 7) is 6.56. The Hall–Kier alpha value is -3.15. The number of allylic oxidation sites excluding steroid dienone is 12. The highest BCUT2D eigenvalue weighted by Gasteiger charge is 2.19. The van der Waals surface area contributed by atoms with Gasteiger partial charge < -0.3 is 14.2 Å². The lowest BCUT2D eigenvalue weighted by molar-refractivity contribution is -0.167. The molecule has 0 amide bonds. The van der Waals surface area contributed by atoms with E-state index >= 15 is 0 Å². The van der Waals surface area contributed by atoms with Gasteiger partial charge in [0.15, 0.2) is 6.10 Å². The van der Waals surface area contributed by atoms with E-state index in [0.717, 1.165) is 89.9 Å². The van der Waals surface area contributed by atoms with Crippen LogP contribution >= 0.6 is 0 Å². The van der Waals surface area contributed by atoms with Gasteiger partial charge in [0.25, 0.3) is 0 Å². The monoisotopic (exact) mass is 991 g/mol. The topological polar surface area (TPSA) is 78.9 Å². The first-order valence-corrected chi connectivity index (χ1v) is 30.4. The highest BCUT2D eigenvalue weighted by molar-refractivity contribution is 5.71. The minimum atomic E-state index is -0.804. The molecule has 0 aliphatic heterocycles. The average molecular weight is 992 g/mol. The number of hydrogen-bond acceptors (Lipinski definition) is 6. The molecule has 0 N–H and O–H groups in total. The maximum Gasteiger partial charge on any atom is 0.306 e. The Morgan fingerprint density at radius 1 is 0.282 bits per heavy atom. The Balaban J connectivity index is 4.40. The zero-order valence-corrected chi connectivity index (χ0v) is 47.0. The minimum Gasteiger partial charge on any atom is -0.462 e. The summed E-state index contributed by atoms with van der Waals surface area (Å²) in [7, 11) is 0. The van der Waals surface area contributed by atoms with Crippen molar-refractivity contribution >= 4 is 17.9 Å². The zero-order valence-electron chi connectivity index (χ0n) is 47.0. The Morgan fingerprint density at radius 3 is 0.845 bits per heavy atom. The number of hydrogen-bond donors (Lipinski definition) is 0. The van der Waals surface area contributed by atoms with Gasteiger partial charge in [-0.15, -0.1) is 0 Å². The first-order valence-electron chi connectivity index (χ1n) is 30.4. The molecule has 0 aliphatic rings. The molecule has 0 heterocycles. The van der Waals surface area contributed by atoms with Gasteiger partial charge in [-0.1, -0.05) is 261 Å². The fourth-order valence-corrected chi connectivity index (χ4v) is 8.57. The molecule has 0 rings (SSSR count). The first kappa shape index (κ1) is 67.8. The summed E-state index contributed by atoms with van der Waals surface area (Å²) in [5.74, 6) is -0.945. The third-order valence-electron chi connectivity index (χ3n) is 13.2. The Kier molecular flexibility index (Phi) is 56.8. The van der Waals surface area contributed by atoms with Crippen LogP contribution in [-0.2, 0) is 28.6 Å². The van der Waals surface area contributed by atoms with Gasteiger partial charge in [-0.2, -0.15) is 0 Å². The van der Waals surface area contributed by atoms with Gasteiger partial charge in [0.05, 0.1) is 0 Å². The van der Waals surface area contributed by atoms with Crippen molar-refractivity contribution < 1.29 is 28.6 Å². The quantitative estimate of drug-likeness (QED) is 0.0261. The normalized spacial score (nSPS) is 12.5. The molecule has 410 valence electrons. The van der Waals surface area contributed by atoms with Gasteiger partial charge in [0.1, 0.15) is 13.2 Å². The second kappa shape index (κ2) is 59.4. The molecule has 0 aliphatic carbocycles. The van der Waals surface area contributed by atoms with Gasteiger partial charge in [-0.05, 0) is 96.3 Å². The molecule has 0 saturated carbocycles. The maximum atomic E-state index is 12.8. The van der Waals surface area contributed by atoms with E-state index < -0.39 is 6.10 Å². The molecule has 0 aromatic carbocycles. The number of carbonyl (C=O) groups excluding carboxylic acids is 3. The van der Waals surface area contributed by atoms with Crippen LogP contribution < -0.4 is 0 Å². The summed E-state index contributed by atoms with van der Waals surface area (Å²) in [5, 5.41) is 0. The molecule has 0 spiro atoms. The van der Waals surface area contributed by atoms with Crippen LogP contribution in [-0.4, -0.2) is 37.2 Å². The van der Waals surface area contributed by atoms with Crippen molar-refractivity contribution in [2.24, 2.45) is 0 Å². The van der Waals surface area contributed by atoms with Crippen molar-refractivity contribution in [1.82, 2.24) is 0 Å². The molecular formula is C65H114O6. The summed E-state index contributed by atoms with van der Waals surface area (Å²) in [5.41, 5.74) is 0. The van der Waals surface area contributed by atoms with Gasteiger partial charge >= 0.3 is 17.9 Å². The molecule has 0 bridgehead atoms. The van der Waals surface area contributed by atoms with Crippen LogP contribution in [0.1, 0.15) is 303 Å². The van der Waals surface area contributed by atoms with E-state index in [9.17, 15) is 14.4 Å². The van der Waals surface area contributed by atoms with Crippen molar-refractivity contribution in [3.05, 3.63) is 72.9 Å². The number of ether oxygens (including phenoxy) is 3. The van der Waals surface area contributed by atoms with Gasteiger partial charge in [-0.3, -0.25) is 14.4 Å². The summed E-state index contributed by atoms with van der Waals surface area (Å²) in [6.07, 6.45) is 76.2. The van der Waals surface area contributed by atoms with E-state index in [1.165, 1.54) is 167 Å². The van der Waals surface area contributed by atoms with Crippen molar-refractivity contribution in [2.45, 2.75) is 309 Å². The lowest BCUT2D eigenvalue weighted by Gasteiger charge is -2.18. The van der Waals surface area contributed by atoms with Gasteiger partial charge in [-0.25, -0.2) is 0 Å². The number of carbonyl (C=O) groups is 3. The SMILES string of the molecule is CCCCC/C=C\C/C=C\C/C=C\CCCCCCC(=O)OC[C@H](COC(=O)CCCCCCCCCCCCCCCCCCCCCCC)OC(=O)CCCC/C=C\C/C=C\C/C=C\CCCCC. The van der Waals surface area contributed by atoms with Crippen LogP contribution in [0.25, 0.3) is 0 Å². The molecule has 0 unspecified atom stereocenters.